The molecule has 33 heavy (non-hydrogen) atoms. The summed E-state index contributed by atoms with van der Waals surface area (Å²) in [7, 11) is 1.58. The number of hydrogen-bond acceptors (Lipinski definition) is 5. The van der Waals surface area contributed by atoms with Crippen LogP contribution >= 0.6 is 0 Å². The number of carbonyl (C=O) groups is 1. The van der Waals surface area contributed by atoms with E-state index < -0.39 is 0 Å². The van der Waals surface area contributed by atoms with Gasteiger partial charge in [-0.2, -0.15) is 0 Å². The van der Waals surface area contributed by atoms with Gasteiger partial charge in [-0.3, -0.25) is 14.6 Å². The van der Waals surface area contributed by atoms with Gasteiger partial charge in [-0.15, -0.1) is 0 Å². The van der Waals surface area contributed by atoms with Crippen molar-refractivity contribution in [3.63, 3.8) is 0 Å². The van der Waals surface area contributed by atoms with E-state index in [4.69, 9.17) is 9.47 Å². The van der Waals surface area contributed by atoms with Crippen LogP contribution in [0.2, 0.25) is 0 Å². The Morgan fingerprint density at radius 2 is 1.30 bits per heavy atom. The molecule has 3 aromatic carbocycles. The van der Waals surface area contributed by atoms with Gasteiger partial charge in [-0.05, 0) is 35.4 Å². The molecule has 1 aliphatic heterocycles. The minimum atomic E-state index is -0.205. The van der Waals surface area contributed by atoms with E-state index in [0.717, 1.165) is 45.0 Å². The summed E-state index contributed by atoms with van der Waals surface area (Å²) in [6, 6.07) is 26.0. The van der Waals surface area contributed by atoms with Crippen molar-refractivity contribution in [1.29, 1.82) is 0 Å². The van der Waals surface area contributed by atoms with Crippen LogP contribution in [0.3, 0.4) is 0 Å². The van der Waals surface area contributed by atoms with E-state index >= 15 is 0 Å². The number of rotatable bonds is 9. The van der Waals surface area contributed by atoms with Crippen LogP contribution < -0.4 is 14.8 Å². The van der Waals surface area contributed by atoms with Gasteiger partial charge >= 0.3 is 0 Å². The Bertz CT molecular complexity index is 1020. The molecule has 6 nitrogen and oxygen atoms in total. The van der Waals surface area contributed by atoms with Gasteiger partial charge in [0.05, 0.1) is 7.11 Å². The lowest BCUT2D eigenvalue weighted by Gasteiger charge is -2.34. The van der Waals surface area contributed by atoms with Gasteiger partial charge in [0.15, 0.2) is 18.1 Å². The Morgan fingerprint density at radius 1 is 0.758 bits per heavy atom. The minimum absolute atomic E-state index is 0.0740. The van der Waals surface area contributed by atoms with Gasteiger partial charge in [0.25, 0.3) is 5.91 Å². The SMILES string of the molecule is COc1ccccc1OCC(=O)Nc1ccc(CN2CCN(Cc3ccccc3)CC2)cc1. The molecule has 3 aromatic rings. The van der Waals surface area contributed by atoms with Crippen molar-refractivity contribution in [2.75, 3.05) is 45.2 Å². The molecule has 0 bridgehead atoms. The van der Waals surface area contributed by atoms with Crippen LogP contribution in [0.25, 0.3) is 0 Å². The fraction of sp³-hybridized carbons (Fsp3) is 0.296. The molecule has 1 saturated heterocycles. The molecular weight excluding hydrogens is 414 g/mol. The number of ether oxygens (including phenoxy) is 2. The van der Waals surface area contributed by atoms with Crippen LogP contribution in [0.15, 0.2) is 78.9 Å². The van der Waals surface area contributed by atoms with Gasteiger partial charge in [0.2, 0.25) is 0 Å². The number of nitrogens with one attached hydrogen (secondary N) is 1. The number of amides is 1. The molecule has 0 unspecified atom stereocenters. The number of carbonyl (C=O) groups excluding carboxylic acids is 1. The first-order valence-corrected chi connectivity index (χ1v) is 11.3. The summed E-state index contributed by atoms with van der Waals surface area (Å²) in [6.45, 7) is 6.14. The largest absolute Gasteiger partial charge is 0.493 e. The van der Waals surface area contributed by atoms with Crippen molar-refractivity contribution in [2.24, 2.45) is 0 Å². The summed E-state index contributed by atoms with van der Waals surface area (Å²) < 4.78 is 10.8. The summed E-state index contributed by atoms with van der Waals surface area (Å²) in [5.74, 6) is 0.952. The molecule has 172 valence electrons. The molecular formula is C27H31N3O3. The Labute approximate surface area is 195 Å². The van der Waals surface area contributed by atoms with Crippen LogP contribution in [-0.2, 0) is 17.9 Å². The first-order chi connectivity index (χ1) is 16.2. The van der Waals surface area contributed by atoms with E-state index in [1.54, 1.807) is 19.2 Å². The summed E-state index contributed by atoms with van der Waals surface area (Å²) in [5, 5.41) is 2.88. The molecule has 0 aliphatic carbocycles. The predicted octanol–water partition coefficient (Wildman–Crippen LogP) is 4.03. The van der Waals surface area contributed by atoms with Crippen LogP contribution in [0, 0.1) is 0 Å². The van der Waals surface area contributed by atoms with Crippen LogP contribution in [0.4, 0.5) is 5.69 Å². The third kappa shape index (κ3) is 6.81. The van der Waals surface area contributed by atoms with Crippen LogP contribution in [0.1, 0.15) is 11.1 Å². The third-order valence-electron chi connectivity index (χ3n) is 5.79. The number of anilines is 1. The van der Waals surface area contributed by atoms with Crippen molar-refractivity contribution in [2.45, 2.75) is 13.1 Å². The Morgan fingerprint density at radius 3 is 1.91 bits per heavy atom. The number of para-hydroxylation sites is 2. The number of benzene rings is 3. The first kappa shape index (κ1) is 22.8. The van der Waals surface area contributed by atoms with E-state index in [1.165, 1.54) is 11.1 Å². The monoisotopic (exact) mass is 445 g/mol. The highest BCUT2D eigenvalue weighted by Crippen LogP contribution is 2.25. The number of piperazine rings is 1. The topological polar surface area (TPSA) is 54.0 Å². The number of nitrogens with zero attached hydrogens (tertiary/aromatic N) is 2. The van der Waals surface area contributed by atoms with Crippen LogP contribution in [-0.4, -0.2) is 55.6 Å². The molecule has 1 aliphatic rings. The maximum Gasteiger partial charge on any atom is 0.262 e. The first-order valence-electron chi connectivity index (χ1n) is 11.3. The molecule has 0 spiro atoms. The summed E-state index contributed by atoms with van der Waals surface area (Å²) in [6.07, 6.45) is 0. The summed E-state index contributed by atoms with van der Waals surface area (Å²) in [4.78, 5) is 17.3. The molecule has 1 heterocycles. The number of hydrogen-bond donors (Lipinski definition) is 1. The Balaban J connectivity index is 1.20. The zero-order valence-electron chi connectivity index (χ0n) is 19.1. The maximum atomic E-state index is 12.3. The van der Waals surface area contributed by atoms with Crippen molar-refractivity contribution in [1.82, 2.24) is 9.80 Å². The zero-order chi connectivity index (χ0) is 22.9. The predicted molar refractivity (Wildman–Crippen MR) is 131 cm³/mol. The second-order valence-corrected chi connectivity index (χ2v) is 8.22. The highest BCUT2D eigenvalue weighted by Gasteiger charge is 2.17. The average molecular weight is 446 g/mol. The van der Waals surface area contributed by atoms with Gasteiger partial charge in [0, 0.05) is 45.0 Å². The summed E-state index contributed by atoms with van der Waals surface area (Å²) in [5.41, 5.74) is 3.38. The maximum absolute atomic E-state index is 12.3. The molecule has 1 N–H and O–H groups in total. The normalized spacial score (nSPS) is 14.6. The highest BCUT2D eigenvalue weighted by atomic mass is 16.5. The molecule has 0 saturated carbocycles. The molecule has 0 atom stereocenters. The third-order valence-corrected chi connectivity index (χ3v) is 5.79. The van der Waals surface area contributed by atoms with E-state index in [9.17, 15) is 4.79 Å². The van der Waals surface area contributed by atoms with Gasteiger partial charge in [-0.25, -0.2) is 0 Å². The van der Waals surface area contributed by atoms with E-state index in [-0.39, 0.29) is 12.5 Å². The fourth-order valence-corrected chi connectivity index (χ4v) is 3.98. The van der Waals surface area contributed by atoms with Crippen molar-refractivity contribution < 1.29 is 14.3 Å². The van der Waals surface area contributed by atoms with Gasteiger partial charge in [0.1, 0.15) is 0 Å². The van der Waals surface area contributed by atoms with Crippen molar-refractivity contribution >= 4 is 11.6 Å². The molecule has 0 aromatic heterocycles. The van der Waals surface area contributed by atoms with Gasteiger partial charge in [-0.1, -0.05) is 54.6 Å². The smallest absolute Gasteiger partial charge is 0.262 e. The van der Waals surface area contributed by atoms with E-state index in [2.05, 4.69) is 57.6 Å². The highest BCUT2D eigenvalue weighted by molar-refractivity contribution is 5.91. The lowest BCUT2D eigenvalue weighted by atomic mass is 10.1. The van der Waals surface area contributed by atoms with Crippen molar-refractivity contribution in [3.8, 4) is 11.5 Å². The summed E-state index contributed by atoms with van der Waals surface area (Å²) >= 11 is 0. The second kappa shape index (κ2) is 11.5. The number of methoxy groups -OCH3 is 1. The molecule has 1 fully saturated rings. The molecule has 0 radical (unpaired) electrons. The second-order valence-electron chi connectivity index (χ2n) is 8.22. The zero-order valence-corrected chi connectivity index (χ0v) is 19.1. The lowest BCUT2D eigenvalue weighted by Crippen LogP contribution is -2.45. The van der Waals surface area contributed by atoms with Gasteiger partial charge < -0.3 is 14.8 Å². The Hall–Kier alpha value is -3.35. The van der Waals surface area contributed by atoms with E-state index in [1.807, 2.05) is 24.3 Å². The van der Waals surface area contributed by atoms with Crippen LogP contribution in [0.5, 0.6) is 11.5 Å². The average Bonchev–Trinajstić information content (AvgIpc) is 2.86. The quantitative estimate of drug-likeness (QED) is 0.539. The van der Waals surface area contributed by atoms with Crippen molar-refractivity contribution in [3.05, 3.63) is 90.0 Å². The lowest BCUT2D eigenvalue weighted by molar-refractivity contribution is -0.118. The molecule has 4 rings (SSSR count). The minimum Gasteiger partial charge on any atom is -0.493 e. The molecule has 1 amide bonds. The Kier molecular flexibility index (Phi) is 7.95. The fourth-order valence-electron chi connectivity index (χ4n) is 3.98. The standard InChI is InChI=1S/C27H31N3O3/c1-32-25-9-5-6-10-26(25)33-21-27(31)28-24-13-11-23(12-14-24)20-30-17-15-29(16-18-30)19-22-7-3-2-4-8-22/h2-14H,15-21H2,1H3,(H,28,31). The molecule has 6 heteroatoms. The van der Waals surface area contributed by atoms with E-state index in [0.29, 0.717) is 11.5 Å².